The van der Waals surface area contributed by atoms with Crippen molar-refractivity contribution in [3.63, 3.8) is 0 Å². The lowest BCUT2D eigenvalue weighted by atomic mass is 9.95. The monoisotopic (exact) mass is 453 g/mol. The van der Waals surface area contributed by atoms with Gasteiger partial charge in [-0.1, -0.05) is 36.4 Å². The van der Waals surface area contributed by atoms with Crippen LogP contribution in [-0.4, -0.2) is 75.3 Å². The molecule has 2 aromatic carbocycles. The molecule has 2 aromatic rings. The highest BCUT2D eigenvalue weighted by Crippen LogP contribution is 2.41. The number of nitrogens with zero attached hydrogens (tertiary/aromatic N) is 1. The van der Waals surface area contributed by atoms with Gasteiger partial charge in [-0.05, 0) is 17.7 Å². The number of aliphatic hydroxyl groups is 1. The summed E-state index contributed by atoms with van der Waals surface area (Å²) in [6.45, 7) is 4.14. The Hall–Kier alpha value is -3.36. The van der Waals surface area contributed by atoms with E-state index in [4.69, 9.17) is 14.2 Å². The fraction of sp³-hybridized carbons (Fsp3) is 0.360. The summed E-state index contributed by atoms with van der Waals surface area (Å²) in [7, 11) is 3.08. The number of carbonyl (C=O) groups is 2. The van der Waals surface area contributed by atoms with Crippen LogP contribution in [0.25, 0.3) is 5.76 Å². The van der Waals surface area contributed by atoms with Crippen LogP contribution in [0.5, 0.6) is 11.5 Å². The molecule has 33 heavy (non-hydrogen) atoms. The normalized spacial score (nSPS) is 20.8. The third kappa shape index (κ3) is 4.58. The number of rotatable bonds is 7. The van der Waals surface area contributed by atoms with Gasteiger partial charge in [-0.25, -0.2) is 0 Å². The van der Waals surface area contributed by atoms with Gasteiger partial charge in [0.15, 0.2) is 11.5 Å². The van der Waals surface area contributed by atoms with Gasteiger partial charge in [0.25, 0.3) is 11.7 Å². The molecule has 2 heterocycles. The summed E-state index contributed by atoms with van der Waals surface area (Å²) in [5, 5.41) is 11.1. The number of quaternary nitrogens is 1. The van der Waals surface area contributed by atoms with Gasteiger partial charge in [-0.15, -0.1) is 0 Å². The van der Waals surface area contributed by atoms with E-state index in [2.05, 4.69) is 0 Å². The quantitative estimate of drug-likeness (QED) is 0.370. The van der Waals surface area contributed by atoms with Crippen molar-refractivity contribution < 1.29 is 33.8 Å². The molecule has 1 amide bonds. The largest absolute Gasteiger partial charge is 0.507 e. The second-order valence-corrected chi connectivity index (χ2v) is 8.09. The maximum atomic E-state index is 13.2. The second kappa shape index (κ2) is 10.1. The molecule has 0 unspecified atom stereocenters. The van der Waals surface area contributed by atoms with E-state index in [0.717, 1.165) is 13.1 Å². The fourth-order valence-electron chi connectivity index (χ4n) is 4.42. The van der Waals surface area contributed by atoms with Crippen molar-refractivity contribution in [2.24, 2.45) is 0 Å². The Morgan fingerprint density at radius 2 is 1.76 bits per heavy atom. The zero-order valence-electron chi connectivity index (χ0n) is 18.9. The number of aliphatic hydroxyl groups excluding tert-OH is 1. The highest BCUT2D eigenvalue weighted by molar-refractivity contribution is 6.46. The molecule has 0 bridgehead atoms. The molecule has 174 valence electrons. The van der Waals surface area contributed by atoms with Crippen LogP contribution in [0.4, 0.5) is 0 Å². The van der Waals surface area contributed by atoms with E-state index in [-0.39, 0.29) is 11.3 Å². The van der Waals surface area contributed by atoms with Gasteiger partial charge < -0.3 is 29.1 Å². The minimum absolute atomic E-state index is 0.0791. The van der Waals surface area contributed by atoms with Crippen molar-refractivity contribution in [1.82, 2.24) is 4.90 Å². The molecule has 8 heteroatoms. The van der Waals surface area contributed by atoms with E-state index in [1.807, 2.05) is 6.07 Å². The number of nitrogens with one attached hydrogen (secondary N) is 1. The van der Waals surface area contributed by atoms with Gasteiger partial charge in [0, 0.05) is 5.56 Å². The first-order valence-electron chi connectivity index (χ1n) is 11.0. The standard InChI is InChI=1S/C25H28N2O6/c1-31-19-9-8-18(16-20(19)32-2)22-21(23(28)17-6-4-3-5-7-17)24(29)25(30)27(22)11-10-26-12-14-33-15-13-26/h3-9,16,22,28H,10-15H2,1-2H3/p+1/t22-/m0/s1. The Morgan fingerprint density at radius 1 is 1.06 bits per heavy atom. The summed E-state index contributed by atoms with van der Waals surface area (Å²) >= 11 is 0. The summed E-state index contributed by atoms with van der Waals surface area (Å²) in [6.07, 6.45) is 0. The molecule has 2 saturated heterocycles. The molecule has 8 nitrogen and oxygen atoms in total. The second-order valence-electron chi connectivity index (χ2n) is 8.09. The number of hydrogen-bond acceptors (Lipinski definition) is 6. The molecular weight excluding hydrogens is 424 g/mol. The summed E-state index contributed by atoms with van der Waals surface area (Å²) < 4.78 is 16.2. The molecule has 1 atom stereocenters. The zero-order valence-corrected chi connectivity index (χ0v) is 18.9. The molecule has 0 spiro atoms. The first-order chi connectivity index (χ1) is 16.0. The van der Waals surface area contributed by atoms with Crippen molar-refractivity contribution in [2.75, 3.05) is 53.6 Å². The van der Waals surface area contributed by atoms with E-state index >= 15 is 0 Å². The third-order valence-corrected chi connectivity index (χ3v) is 6.22. The van der Waals surface area contributed by atoms with E-state index in [1.54, 1.807) is 54.5 Å². The first kappa shape index (κ1) is 22.8. The molecule has 2 N–H and O–H groups in total. The summed E-state index contributed by atoms with van der Waals surface area (Å²) in [6, 6.07) is 13.4. The molecule has 0 radical (unpaired) electrons. The average Bonchev–Trinajstić information content (AvgIpc) is 3.12. The lowest BCUT2D eigenvalue weighted by molar-refractivity contribution is -0.907. The smallest absolute Gasteiger partial charge is 0.295 e. The lowest BCUT2D eigenvalue weighted by Crippen LogP contribution is -3.14. The Morgan fingerprint density at radius 3 is 2.42 bits per heavy atom. The van der Waals surface area contributed by atoms with Crippen LogP contribution in [0.3, 0.4) is 0 Å². The molecule has 4 rings (SSSR count). The number of morpholine rings is 1. The maximum absolute atomic E-state index is 13.2. The number of Topliss-reactive ketones (excluding diaryl/α,β-unsaturated/α-hetero) is 1. The zero-order chi connectivity index (χ0) is 23.4. The van der Waals surface area contributed by atoms with E-state index in [0.29, 0.717) is 48.9 Å². The van der Waals surface area contributed by atoms with Crippen LogP contribution in [-0.2, 0) is 14.3 Å². The number of likely N-dealkylation sites (tertiary alicyclic amines) is 1. The predicted molar refractivity (Wildman–Crippen MR) is 121 cm³/mol. The van der Waals surface area contributed by atoms with Crippen molar-refractivity contribution in [1.29, 1.82) is 0 Å². The lowest BCUT2D eigenvalue weighted by Gasteiger charge is -2.29. The number of carbonyl (C=O) groups excluding carboxylic acids is 2. The van der Waals surface area contributed by atoms with Crippen molar-refractivity contribution in [2.45, 2.75) is 6.04 Å². The van der Waals surface area contributed by atoms with Crippen LogP contribution in [0.1, 0.15) is 17.2 Å². The maximum Gasteiger partial charge on any atom is 0.295 e. The molecule has 0 aromatic heterocycles. The third-order valence-electron chi connectivity index (χ3n) is 6.22. The van der Waals surface area contributed by atoms with Gasteiger partial charge in [-0.3, -0.25) is 9.59 Å². The van der Waals surface area contributed by atoms with Crippen molar-refractivity contribution in [3.8, 4) is 11.5 Å². The van der Waals surface area contributed by atoms with E-state index in [1.165, 1.54) is 12.0 Å². The Labute approximate surface area is 193 Å². The predicted octanol–water partition coefficient (Wildman–Crippen LogP) is 1.04. The minimum atomic E-state index is -0.731. The Kier molecular flexibility index (Phi) is 6.96. The average molecular weight is 454 g/mol. The topological polar surface area (TPSA) is 89.7 Å². The summed E-state index contributed by atoms with van der Waals surface area (Å²) in [5.41, 5.74) is 1.23. The van der Waals surface area contributed by atoms with Crippen LogP contribution >= 0.6 is 0 Å². The molecule has 0 aliphatic carbocycles. The number of ketones is 1. The van der Waals surface area contributed by atoms with Crippen molar-refractivity contribution >= 4 is 17.4 Å². The van der Waals surface area contributed by atoms with Gasteiger partial charge in [0.2, 0.25) is 0 Å². The number of amides is 1. The van der Waals surface area contributed by atoms with Crippen LogP contribution < -0.4 is 14.4 Å². The van der Waals surface area contributed by atoms with E-state index in [9.17, 15) is 14.7 Å². The molecule has 0 saturated carbocycles. The van der Waals surface area contributed by atoms with Gasteiger partial charge in [0.1, 0.15) is 18.8 Å². The van der Waals surface area contributed by atoms with Crippen LogP contribution in [0.2, 0.25) is 0 Å². The number of methoxy groups -OCH3 is 2. The van der Waals surface area contributed by atoms with Gasteiger partial charge in [-0.2, -0.15) is 0 Å². The Bertz CT molecular complexity index is 1050. The number of hydrogen-bond donors (Lipinski definition) is 2. The summed E-state index contributed by atoms with van der Waals surface area (Å²) in [5.74, 6) is -0.457. The number of benzene rings is 2. The van der Waals surface area contributed by atoms with Crippen LogP contribution in [0, 0.1) is 0 Å². The van der Waals surface area contributed by atoms with Crippen molar-refractivity contribution in [3.05, 3.63) is 65.2 Å². The molecule has 2 fully saturated rings. The summed E-state index contributed by atoms with van der Waals surface area (Å²) in [4.78, 5) is 29.2. The minimum Gasteiger partial charge on any atom is -0.507 e. The van der Waals surface area contributed by atoms with E-state index < -0.39 is 17.7 Å². The fourth-order valence-corrected chi connectivity index (χ4v) is 4.42. The van der Waals surface area contributed by atoms with Crippen LogP contribution in [0.15, 0.2) is 54.1 Å². The molecular formula is C25H29N2O6+. The SMILES string of the molecule is COc1ccc([C@H]2C(=C(O)c3ccccc3)C(=O)C(=O)N2CC[NH+]2CCOCC2)cc1OC. The molecule has 2 aliphatic heterocycles. The Balaban J connectivity index is 1.77. The highest BCUT2D eigenvalue weighted by Gasteiger charge is 2.46. The number of ether oxygens (including phenoxy) is 3. The van der Waals surface area contributed by atoms with Gasteiger partial charge in [0.05, 0.1) is 52.1 Å². The molecule has 2 aliphatic rings. The highest BCUT2D eigenvalue weighted by atomic mass is 16.5. The first-order valence-corrected chi connectivity index (χ1v) is 11.0. The van der Waals surface area contributed by atoms with Gasteiger partial charge >= 0.3 is 0 Å².